The molecule has 0 bridgehead atoms. The highest BCUT2D eigenvalue weighted by atomic mass is 79.9. The van der Waals surface area contributed by atoms with E-state index in [4.69, 9.17) is 21.1 Å². The summed E-state index contributed by atoms with van der Waals surface area (Å²) in [6.07, 6.45) is 1.49. The molecule has 172 valence electrons. The number of nitro benzene ring substituents is 1. The Balaban J connectivity index is 1.72. The van der Waals surface area contributed by atoms with E-state index < -0.39 is 28.6 Å². The number of thioether (sulfide) groups is 1. The molecule has 2 amide bonds. The van der Waals surface area contributed by atoms with Crippen molar-refractivity contribution in [2.45, 2.75) is 13.5 Å². The summed E-state index contributed by atoms with van der Waals surface area (Å²) in [6.45, 7) is 1.46. The molecule has 12 heteroatoms. The molecule has 3 rings (SSSR count). The van der Waals surface area contributed by atoms with Crippen molar-refractivity contribution in [1.82, 2.24) is 4.90 Å². The number of carbonyl (C=O) groups is 3. The SMILES string of the molecule is CCOC(=O)CN1C(=O)SC(=Cc2cc(Cl)c(OCc3ccc([N+](=O)[O-])cc3)c(Br)c2)C1=O. The first-order valence-corrected chi connectivity index (χ1v) is 11.4. The van der Waals surface area contributed by atoms with Gasteiger partial charge in [-0.15, -0.1) is 0 Å². The number of halogens is 2. The number of carbonyl (C=O) groups excluding carboxylic acids is 3. The normalized spacial score (nSPS) is 14.6. The molecule has 0 aliphatic carbocycles. The van der Waals surface area contributed by atoms with Crippen LogP contribution < -0.4 is 4.74 Å². The predicted octanol–water partition coefficient (Wildman–Crippen LogP) is 5.19. The van der Waals surface area contributed by atoms with E-state index in [0.717, 1.165) is 4.90 Å². The van der Waals surface area contributed by atoms with Gasteiger partial charge in [0.1, 0.15) is 13.2 Å². The van der Waals surface area contributed by atoms with Crippen LogP contribution in [-0.4, -0.2) is 40.1 Å². The van der Waals surface area contributed by atoms with E-state index in [1.54, 1.807) is 31.2 Å². The standard InChI is InChI=1S/C21H16BrClN2O7S/c1-2-31-18(26)10-24-20(27)17(33-21(24)28)9-13-7-15(22)19(16(23)8-13)32-11-12-3-5-14(6-4-12)25(29)30/h3-9H,2,10-11H2,1H3. The molecule has 0 saturated carbocycles. The number of esters is 1. The summed E-state index contributed by atoms with van der Waals surface area (Å²) in [5, 5.41) is 10.4. The minimum atomic E-state index is -0.665. The first kappa shape index (κ1) is 24.7. The first-order chi connectivity index (χ1) is 15.7. The smallest absolute Gasteiger partial charge is 0.326 e. The second-order valence-electron chi connectivity index (χ2n) is 6.60. The van der Waals surface area contributed by atoms with Crippen LogP contribution in [0.5, 0.6) is 5.75 Å². The second-order valence-corrected chi connectivity index (χ2v) is 8.85. The highest BCUT2D eigenvalue weighted by molar-refractivity contribution is 9.10. The average Bonchev–Trinajstić information content (AvgIpc) is 3.01. The van der Waals surface area contributed by atoms with Crippen LogP contribution in [-0.2, 0) is 20.9 Å². The third kappa shape index (κ3) is 6.12. The maximum Gasteiger partial charge on any atom is 0.326 e. The number of benzene rings is 2. The molecule has 33 heavy (non-hydrogen) atoms. The number of imide groups is 1. The maximum absolute atomic E-state index is 12.5. The lowest BCUT2D eigenvalue weighted by atomic mass is 10.2. The van der Waals surface area contributed by atoms with Gasteiger partial charge in [0.15, 0.2) is 5.75 Å². The topological polar surface area (TPSA) is 116 Å². The molecule has 0 unspecified atom stereocenters. The first-order valence-electron chi connectivity index (χ1n) is 9.45. The zero-order valence-corrected chi connectivity index (χ0v) is 20.2. The Bertz CT molecular complexity index is 1130. The zero-order valence-electron chi connectivity index (χ0n) is 17.1. The highest BCUT2D eigenvalue weighted by Gasteiger charge is 2.36. The van der Waals surface area contributed by atoms with Crippen molar-refractivity contribution >= 4 is 68.2 Å². The largest absolute Gasteiger partial charge is 0.486 e. The van der Waals surface area contributed by atoms with Gasteiger partial charge in [-0.05, 0) is 76.1 Å². The van der Waals surface area contributed by atoms with Gasteiger partial charge in [-0.1, -0.05) is 11.6 Å². The van der Waals surface area contributed by atoms with E-state index in [2.05, 4.69) is 15.9 Å². The Morgan fingerprint density at radius 2 is 1.97 bits per heavy atom. The zero-order chi connectivity index (χ0) is 24.1. The molecule has 9 nitrogen and oxygen atoms in total. The van der Waals surface area contributed by atoms with Crippen LogP contribution in [0.2, 0.25) is 5.02 Å². The second kappa shape index (κ2) is 10.8. The number of ether oxygens (including phenoxy) is 2. The van der Waals surface area contributed by atoms with Gasteiger partial charge in [0.25, 0.3) is 16.8 Å². The van der Waals surface area contributed by atoms with Crippen molar-refractivity contribution < 1.29 is 28.8 Å². The van der Waals surface area contributed by atoms with Gasteiger partial charge in [-0.3, -0.25) is 29.4 Å². The minimum Gasteiger partial charge on any atom is -0.486 e. The molecule has 1 saturated heterocycles. The predicted molar refractivity (Wildman–Crippen MR) is 126 cm³/mol. The number of hydrogen-bond donors (Lipinski definition) is 0. The van der Waals surface area contributed by atoms with E-state index in [1.165, 1.54) is 18.2 Å². The molecule has 2 aromatic rings. The van der Waals surface area contributed by atoms with Crippen LogP contribution in [0, 0.1) is 10.1 Å². The molecular formula is C21H16BrClN2O7S. The van der Waals surface area contributed by atoms with Crippen molar-refractivity contribution in [3.05, 3.63) is 72.0 Å². The van der Waals surface area contributed by atoms with E-state index in [0.29, 0.717) is 33.1 Å². The lowest BCUT2D eigenvalue weighted by Crippen LogP contribution is -2.34. The molecule has 0 radical (unpaired) electrons. The Kier molecular flexibility index (Phi) is 8.11. The highest BCUT2D eigenvalue weighted by Crippen LogP contribution is 2.38. The molecule has 1 aliphatic rings. The number of nitro groups is 1. The fourth-order valence-electron chi connectivity index (χ4n) is 2.79. The van der Waals surface area contributed by atoms with Crippen LogP contribution >= 0.6 is 39.3 Å². The van der Waals surface area contributed by atoms with Crippen molar-refractivity contribution in [3.63, 3.8) is 0 Å². The number of hydrogen-bond acceptors (Lipinski definition) is 8. The molecule has 1 fully saturated rings. The summed E-state index contributed by atoms with van der Waals surface area (Å²) < 4.78 is 11.0. The monoisotopic (exact) mass is 554 g/mol. The van der Waals surface area contributed by atoms with Gasteiger partial charge in [0, 0.05) is 12.1 Å². The molecular weight excluding hydrogens is 540 g/mol. The van der Waals surface area contributed by atoms with E-state index in [-0.39, 0.29) is 28.8 Å². The fourth-order valence-corrected chi connectivity index (χ4v) is 4.62. The molecule has 0 spiro atoms. The summed E-state index contributed by atoms with van der Waals surface area (Å²) in [7, 11) is 0. The minimum absolute atomic E-state index is 0.0195. The summed E-state index contributed by atoms with van der Waals surface area (Å²) >= 11 is 10.4. The Hall–Kier alpha value is -2.89. The van der Waals surface area contributed by atoms with Gasteiger partial charge < -0.3 is 9.47 Å². The fraction of sp³-hybridized carbons (Fsp3) is 0.190. The molecule has 1 aliphatic heterocycles. The summed E-state index contributed by atoms with van der Waals surface area (Å²) in [4.78, 5) is 47.5. The molecule has 0 N–H and O–H groups in total. The van der Waals surface area contributed by atoms with Gasteiger partial charge in [0.2, 0.25) is 0 Å². The summed E-state index contributed by atoms with van der Waals surface area (Å²) in [5.41, 5.74) is 1.23. The summed E-state index contributed by atoms with van der Waals surface area (Å²) in [6, 6.07) is 9.16. The Morgan fingerprint density at radius 3 is 2.58 bits per heavy atom. The van der Waals surface area contributed by atoms with Crippen molar-refractivity contribution in [3.8, 4) is 5.75 Å². The van der Waals surface area contributed by atoms with Gasteiger partial charge >= 0.3 is 5.97 Å². The van der Waals surface area contributed by atoms with Crippen LogP contribution in [0.3, 0.4) is 0 Å². The van der Waals surface area contributed by atoms with Crippen molar-refractivity contribution in [1.29, 1.82) is 0 Å². The van der Waals surface area contributed by atoms with E-state index in [9.17, 15) is 24.5 Å². The molecule has 1 heterocycles. The number of non-ortho nitro benzene ring substituents is 1. The van der Waals surface area contributed by atoms with E-state index in [1.807, 2.05) is 0 Å². The number of rotatable bonds is 8. The quantitative estimate of drug-likeness (QED) is 0.189. The van der Waals surface area contributed by atoms with Gasteiger partial charge in [-0.25, -0.2) is 0 Å². The summed E-state index contributed by atoms with van der Waals surface area (Å²) in [5.74, 6) is -0.909. The lowest BCUT2D eigenvalue weighted by Gasteiger charge is -2.12. The van der Waals surface area contributed by atoms with Crippen LogP contribution in [0.1, 0.15) is 18.1 Å². The molecule has 0 atom stereocenters. The average molecular weight is 556 g/mol. The number of amides is 2. The third-order valence-electron chi connectivity index (χ3n) is 4.31. The van der Waals surface area contributed by atoms with Crippen molar-refractivity contribution in [2.75, 3.05) is 13.2 Å². The number of nitrogens with zero attached hydrogens (tertiary/aromatic N) is 2. The Labute approximate surface area is 205 Å². The van der Waals surface area contributed by atoms with Gasteiger partial charge in [-0.2, -0.15) is 0 Å². The molecule has 0 aromatic heterocycles. The van der Waals surface area contributed by atoms with Crippen molar-refractivity contribution in [2.24, 2.45) is 0 Å². The van der Waals surface area contributed by atoms with Crippen LogP contribution in [0.25, 0.3) is 6.08 Å². The van der Waals surface area contributed by atoms with E-state index >= 15 is 0 Å². The van der Waals surface area contributed by atoms with Gasteiger partial charge in [0.05, 0.1) is 25.9 Å². The lowest BCUT2D eigenvalue weighted by molar-refractivity contribution is -0.384. The van der Waals surface area contributed by atoms with Crippen LogP contribution in [0.4, 0.5) is 10.5 Å². The Morgan fingerprint density at radius 1 is 1.27 bits per heavy atom. The maximum atomic E-state index is 12.5. The molecule has 2 aromatic carbocycles. The van der Waals surface area contributed by atoms with Crippen LogP contribution in [0.15, 0.2) is 45.8 Å². The third-order valence-corrected chi connectivity index (χ3v) is 6.09.